The maximum absolute atomic E-state index is 4.23. The quantitative estimate of drug-likeness (QED) is 0.676. The Bertz CT molecular complexity index is 206. The summed E-state index contributed by atoms with van der Waals surface area (Å²) in [6.07, 6.45) is 2.39. The number of benzene rings is 1. The molecule has 0 spiro atoms. The van der Waals surface area contributed by atoms with Crippen LogP contribution in [-0.4, -0.2) is 5.75 Å². The van der Waals surface area contributed by atoms with Crippen LogP contribution in [0.5, 0.6) is 0 Å². The third-order valence-corrected chi connectivity index (χ3v) is 2.31. The minimum absolute atomic E-state index is 0.755. The molecule has 0 N–H and O–H groups in total. The number of rotatable bonds is 4. The standard InChI is InChI=1S/C11H16S/c1-10(7-8-12)9-11-5-3-2-4-6-11/h2-6,10,12H,7-9H2,1H3. The summed E-state index contributed by atoms with van der Waals surface area (Å²) in [7, 11) is 0. The second-order valence-electron chi connectivity index (χ2n) is 3.31. The Morgan fingerprint density at radius 1 is 1.25 bits per heavy atom. The zero-order chi connectivity index (χ0) is 8.81. The van der Waals surface area contributed by atoms with Crippen LogP contribution in [0.2, 0.25) is 0 Å². The Morgan fingerprint density at radius 2 is 1.92 bits per heavy atom. The summed E-state index contributed by atoms with van der Waals surface area (Å²) >= 11 is 4.23. The summed E-state index contributed by atoms with van der Waals surface area (Å²) in [5.74, 6) is 1.75. The first-order chi connectivity index (χ1) is 5.83. The predicted molar refractivity (Wildman–Crippen MR) is 57.8 cm³/mol. The minimum atomic E-state index is 0.755. The molecular weight excluding hydrogens is 164 g/mol. The number of thiol groups is 1. The van der Waals surface area contributed by atoms with Crippen LogP contribution in [-0.2, 0) is 6.42 Å². The van der Waals surface area contributed by atoms with Crippen molar-refractivity contribution < 1.29 is 0 Å². The van der Waals surface area contributed by atoms with Crippen LogP contribution >= 0.6 is 12.6 Å². The highest BCUT2D eigenvalue weighted by Crippen LogP contribution is 2.11. The van der Waals surface area contributed by atoms with Crippen LogP contribution in [0.1, 0.15) is 18.9 Å². The van der Waals surface area contributed by atoms with Gasteiger partial charge in [-0.05, 0) is 30.1 Å². The first-order valence-corrected chi connectivity index (χ1v) is 5.11. The van der Waals surface area contributed by atoms with E-state index in [0.717, 1.165) is 11.7 Å². The van der Waals surface area contributed by atoms with E-state index in [4.69, 9.17) is 0 Å². The Morgan fingerprint density at radius 3 is 2.50 bits per heavy atom. The lowest BCUT2D eigenvalue weighted by atomic mass is 9.99. The molecule has 12 heavy (non-hydrogen) atoms. The van der Waals surface area contributed by atoms with E-state index in [-0.39, 0.29) is 0 Å². The van der Waals surface area contributed by atoms with Gasteiger partial charge in [0.2, 0.25) is 0 Å². The molecule has 0 aliphatic heterocycles. The van der Waals surface area contributed by atoms with Gasteiger partial charge in [-0.15, -0.1) is 0 Å². The Balaban J connectivity index is 2.41. The molecule has 0 aromatic heterocycles. The zero-order valence-electron chi connectivity index (χ0n) is 7.53. The molecule has 1 heteroatoms. The second kappa shape index (κ2) is 5.26. The third kappa shape index (κ3) is 3.31. The summed E-state index contributed by atoms with van der Waals surface area (Å²) in [5.41, 5.74) is 1.44. The average Bonchev–Trinajstić information content (AvgIpc) is 2.06. The summed E-state index contributed by atoms with van der Waals surface area (Å²) in [6.45, 7) is 2.28. The molecule has 1 rings (SSSR count). The van der Waals surface area contributed by atoms with E-state index in [0.29, 0.717) is 0 Å². The molecule has 0 aliphatic rings. The maximum atomic E-state index is 4.23. The minimum Gasteiger partial charge on any atom is -0.179 e. The number of hydrogen-bond donors (Lipinski definition) is 1. The van der Waals surface area contributed by atoms with Crippen LogP contribution in [0, 0.1) is 5.92 Å². The Labute approximate surface area is 80.4 Å². The number of hydrogen-bond acceptors (Lipinski definition) is 1. The van der Waals surface area contributed by atoms with Crippen molar-refractivity contribution in [2.75, 3.05) is 5.75 Å². The largest absolute Gasteiger partial charge is 0.179 e. The average molecular weight is 180 g/mol. The Kier molecular flexibility index (Phi) is 4.23. The van der Waals surface area contributed by atoms with Crippen molar-refractivity contribution in [1.29, 1.82) is 0 Å². The topological polar surface area (TPSA) is 0 Å². The van der Waals surface area contributed by atoms with Gasteiger partial charge in [0.15, 0.2) is 0 Å². The molecule has 0 heterocycles. The van der Waals surface area contributed by atoms with Gasteiger partial charge in [0.05, 0.1) is 0 Å². The molecule has 0 fully saturated rings. The molecule has 0 radical (unpaired) electrons. The second-order valence-corrected chi connectivity index (χ2v) is 3.75. The van der Waals surface area contributed by atoms with Gasteiger partial charge in [0.1, 0.15) is 0 Å². The van der Waals surface area contributed by atoms with Crippen LogP contribution in [0.25, 0.3) is 0 Å². The van der Waals surface area contributed by atoms with Crippen molar-refractivity contribution in [2.24, 2.45) is 5.92 Å². The van der Waals surface area contributed by atoms with Gasteiger partial charge in [-0.25, -0.2) is 0 Å². The van der Waals surface area contributed by atoms with Crippen molar-refractivity contribution in [1.82, 2.24) is 0 Å². The highest BCUT2D eigenvalue weighted by molar-refractivity contribution is 7.80. The smallest absolute Gasteiger partial charge is 0.00953 e. The fraction of sp³-hybridized carbons (Fsp3) is 0.455. The van der Waals surface area contributed by atoms with Gasteiger partial charge in [-0.3, -0.25) is 0 Å². The molecule has 0 bridgehead atoms. The van der Waals surface area contributed by atoms with E-state index in [1.807, 2.05) is 0 Å². The molecule has 0 aliphatic carbocycles. The molecular formula is C11H16S. The summed E-state index contributed by atoms with van der Waals surface area (Å²) in [5, 5.41) is 0. The summed E-state index contributed by atoms with van der Waals surface area (Å²) < 4.78 is 0. The van der Waals surface area contributed by atoms with E-state index in [1.54, 1.807) is 0 Å². The highest BCUT2D eigenvalue weighted by Gasteiger charge is 2.01. The van der Waals surface area contributed by atoms with Crippen molar-refractivity contribution in [3.8, 4) is 0 Å². The van der Waals surface area contributed by atoms with Crippen molar-refractivity contribution in [3.63, 3.8) is 0 Å². The van der Waals surface area contributed by atoms with Crippen LogP contribution < -0.4 is 0 Å². The molecule has 0 saturated carbocycles. The molecule has 1 aromatic carbocycles. The molecule has 0 nitrogen and oxygen atoms in total. The first kappa shape index (κ1) is 9.66. The third-order valence-electron chi connectivity index (χ3n) is 2.05. The molecule has 0 saturated heterocycles. The predicted octanol–water partition coefficient (Wildman–Crippen LogP) is 3.19. The summed E-state index contributed by atoms with van der Waals surface area (Å²) in [4.78, 5) is 0. The maximum Gasteiger partial charge on any atom is -0.00953 e. The van der Waals surface area contributed by atoms with Crippen LogP contribution in [0.15, 0.2) is 30.3 Å². The lowest BCUT2D eigenvalue weighted by molar-refractivity contribution is 0.566. The molecule has 0 amide bonds. The molecule has 1 atom stereocenters. The van der Waals surface area contributed by atoms with E-state index in [2.05, 4.69) is 49.9 Å². The van der Waals surface area contributed by atoms with Gasteiger partial charge in [0, 0.05) is 0 Å². The van der Waals surface area contributed by atoms with Crippen molar-refractivity contribution in [2.45, 2.75) is 19.8 Å². The van der Waals surface area contributed by atoms with E-state index in [1.165, 1.54) is 18.4 Å². The van der Waals surface area contributed by atoms with Crippen molar-refractivity contribution in [3.05, 3.63) is 35.9 Å². The SMILES string of the molecule is CC(CCS)Cc1ccccc1. The van der Waals surface area contributed by atoms with Gasteiger partial charge in [-0.2, -0.15) is 12.6 Å². The zero-order valence-corrected chi connectivity index (χ0v) is 8.43. The van der Waals surface area contributed by atoms with E-state index < -0.39 is 0 Å². The van der Waals surface area contributed by atoms with Crippen LogP contribution in [0.3, 0.4) is 0 Å². The van der Waals surface area contributed by atoms with Gasteiger partial charge >= 0.3 is 0 Å². The van der Waals surface area contributed by atoms with Crippen molar-refractivity contribution >= 4 is 12.6 Å². The van der Waals surface area contributed by atoms with E-state index >= 15 is 0 Å². The first-order valence-electron chi connectivity index (χ1n) is 4.47. The van der Waals surface area contributed by atoms with E-state index in [9.17, 15) is 0 Å². The van der Waals surface area contributed by atoms with Gasteiger partial charge in [-0.1, -0.05) is 37.3 Å². The highest BCUT2D eigenvalue weighted by atomic mass is 32.1. The molecule has 66 valence electrons. The summed E-state index contributed by atoms with van der Waals surface area (Å²) in [6, 6.07) is 10.6. The lowest BCUT2D eigenvalue weighted by Gasteiger charge is -2.08. The normalized spacial score (nSPS) is 12.8. The molecule has 1 unspecified atom stereocenters. The Hall–Kier alpha value is -0.430. The fourth-order valence-corrected chi connectivity index (χ4v) is 1.78. The monoisotopic (exact) mass is 180 g/mol. The lowest BCUT2D eigenvalue weighted by Crippen LogP contribution is -1.99. The molecule has 1 aromatic rings. The van der Waals surface area contributed by atoms with Gasteiger partial charge in [0.25, 0.3) is 0 Å². The fourth-order valence-electron chi connectivity index (χ4n) is 1.34. The van der Waals surface area contributed by atoms with Crippen LogP contribution in [0.4, 0.5) is 0 Å². The van der Waals surface area contributed by atoms with Gasteiger partial charge < -0.3 is 0 Å².